The molecule has 0 saturated carbocycles. The van der Waals surface area contributed by atoms with Gasteiger partial charge in [-0.25, -0.2) is 23.4 Å². The van der Waals surface area contributed by atoms with E-state index in [9.17, 15) is 13.7 Å². The monoisotopic (exact) mass is 512 g/mol. The molecule has 10 nitrogen and oxygen atoms in total. The summed E-state index contributed by atoms with van der Waals surface area (Å²) >= 11 is 6.41. The first-order chi connectivity index (χ1) is 16.8. The van der Waals surface area contributed by atoms with Crippen molar-refractivity contribution in [3.63, 3.8) is 0 Å². The Morgan fingerprint density at radius 2 is 2.03 bits per heavy atom. The molecule has 4 rings (SSSR count). The number of hydrogen-bond acceptors (Lipinski definition) is 8. The number of benzene rings is 1. The second-order valence-corrected chi connectivity index (χ2v) is 9.72. The lowest BCUT2D eigenvalue weighted by atomic mass is 10.1. The molecule has 12 heteroatoms. The van der Waals surface area contributed by atoms with Gasteiger partial charge in [0.25, 0.3) is 0 Å². The maximum absolute atomic E-state index is 11.4. The summed E-state index contributed by atoms with van der Waals surface area (Å²) in [5.74, 6) is 1.53. The lowest BCUT2D eigenvalue weighted by Gasteiger charge is -2.11. The number of hydrogen-bond donors (Lipinski definition) is 1. The second-order valence-electron chi connectivity index (χ2n) is 7.57. The standard InChI is InChI=1S/C23H21ClN6O4S/c1-3-8-33-21-16(12-25)9-15(10-20(21)24)22-27-13-18-11-19(5-7-30(18)22)34-14-17-4-6-26-23(28-17)29-35(2,31)32/h4-7,9-11,13H,3,8,14H2,1-2H3,(H,26,28,29). The Balaban J connectivity index is 1.55. The van der Waals surface area contributed by atoms with Crippen LogP contribution in [0.1, 0.15) is 24.6 Å². The number of rotatable bonds is 9. The molecular weight excluding hydrogens is 492 g/mol. The molecule has 1 aromatic carbocycles. The van der Waals surface area contributed by atoms with Crippen LogP contribution >= 0.6 is 11.6 Å². The minimum Gasteiger partial charge on any atom is -0.491 e. The van der Waals surface area contributed by atoms with Crippen molar-refractivity contribution in [3.05, 3.63) is 65.2 Å². The Morgan fingerprint density at radius 3 is 2.77 bits per heavy atom. The summed E-state index contributed by atoms with van der Waals surface area (Å²) in [5.41, 5.74) is 2.29. The zero-order valence-electron chi connectivity index (χ0n) is 18.9. The van der Waals surface area contributed by atoms with Crippen LogP contribution < -0.4 is 14.2 Å². The van der Waals surface area contributed by atoms with Gasteiger partial charge in [-0.05, 0) is 30.7 Å². The minimum atomic E-state index is -3.48. The van der Waals surface area contributed by atoms with E-state index >= 15 is 0 Å². The van der Waals surface area contributed by atoms with Crippen molar-refractivity contribution in [2.45, 2.75) is 20.0 Å². The van der Waals surface area contributed by atoms with Gasteiger partial charge in [-0.15, -0.1) is 0 Å². The topological polar surface area (TPSA) is 132 Å². The molecule has 4 aromatic rings. The molecule has 0 atom stereocenters. The van der Waals surface area contributed by atoms with E-state index in [4.69, 9.17) is 21.1 Å². The summed E-state index contributed by atoms with van der Waals surface area (Å²) in [5, 5.41) is 9.91. The van der Waals surface area contributed by atoms with Crippen LogP contribution in [0.15, 0.2) is 48.9 Å². The van der Waals surface area contributed by atoms with E-state index < -0.39 is 10.0 Å². The number of imidazole rings is 1. The quantitative estimate of drug-likeness (QED) is 0.355. The first-order valence-corrected chi connectivity index (χ1v) is 12.8. The van der Waals surface area contributed by atoms with Crippen LogP contribution in [0, 0.1) is 11.3 Å². The van der Waals surface area contributed by atoms with E-state index in [2.05, 4.69) is 25.7 Å². The van der Waals surface area contributed by atoms with Gasteiger partial charge in [-0.1, -0.05) is 18.5 Å². The summed E-state index contributed by atoms with van der Waals surface area (Å²) in [7, 11) is -3.48. The van der Waals surface area contributed by atoms with Crippen molar-refractivity contribution in [1.82, 2.24) is 19.4 Å². The molecule has 0 amide bonds. The first-order valence-electron chi connectivity index (χ1n) is 10.5. The molecule has 3 aromatic heterocycles. The maximum Gasteiger partial charge on any atom is 0.236 e. The van der Waals surface area contributed by atoms with Gasteiger partial charge in [0.1, 0.15) is 24.3 Å². The zero-order valence-corrected chi connectivity index (χ0v) is 20.5. The lowest BCUT2D eigenvalue weighted by molar-refractivity contribution is 0.301. The van der Waals surface area contributed by atoms with Crippen molar-refractivity contribution >= 4 is 33.1 Å². The fraction of sp³-hybridized carbons (Fsp3) is 0.217. The van der Waals surface area contributed by atoms with Gasteiger partial charge in [0, 0.05) is 24.0 Å². The lowest BCUT2D eigenvalue weighted by Crippen LogP contribution is -2.13. The summed E-state index contributed by atoms with van der Waals surface area (Å²) in [6.07, 6.45) is 6.75. The number of sulfonamides is 1. The van der Waals surface area contributed by atoms with Crippen molar-refractivity contribution in [2.75, 3.05) is 17.6 Å². The van der Waals surface area contributed by atoms with Gasteiger partial charge in [0.2, 0.25) is 16.0 Å². The SMILES string of the molecule is CCCOc1c(Cl)cc(-c2ncc3cc(OCc4ccnc(NS(C)(=O)=O)n4)ccn23)cc1C#N. The fourth-order valence-electron chi connectivity index (χ4n) is 3.29. The third kappa shape index (κ3) is 5.79. The number of anilines is 1. The molecule has 0 unspecified atom stereocenters. The van der Waals surface area contributed by atoms with E-state index in [0.717, 1.165) is 18.2 Å². The Hall–Kier alpha value is -3.88. The third-order valence-corrected chi connectivity index (χ3v) is 5.59. The first kappa shape index (κ1) is 24.3. The molecule has 35 heavy (non-hydrogen) atoms. The summed E-state index contributed by atoms with van der Waals surface area (Å²) < 4.78 is 38.3. The van der Waals surface area contributed by atoms with Gasteiger partial charge in [0.15, 0.2) is 5.75 Å². The van der Waals surface area contributed by atoms with Crippen LogP contribution in [0.5, 0.6) is 11.5 Å². The molecule has 0 radical (unpaired) electrons. The van der Waals surface area contributed by atoms with Crippen molar-refractivity contribution in [1.29, 1.82) is 5.26 Å². The molecule has 180 valence electrons. The highest BCUT2D eigenvalue weighted by Gasteiger charge is 2.15. The van der Waals surface area contributed by atoms with Gasteiger partial charge in [0.05, 0.1) is 40.9 Å². The highest BCUT2D eigenvalue weighted by atomic mass is 35.5. The molecular formula is C23H21ClN6O4S. The molecule has 0 aliphatic rings. The average molecular weight is 513 g/mol. The smallest absolute Gasteiger partial charge is 0.236 e. The van der Waals surface area contributed by atoms with E-state index in [1.807, 2.05) is 11.3 Å². The molecule has 0 fully saturated rings. The molecule has 1 N–H and O–H groups in total. The van der Waals surface area contributed by atoms with Gasteiger partial charge < -0.3 is 9.47 Å². The molecule has 0 bridgehead atoms. The number of nitrogens with one attached hydrogen (secondary N) is 1. The van der Waals surface area contributed by atoms with E-state index in [1.165, 1.54) is 6.20 Å². The van der Waals surface area contributed by atoms with Gasteiger partial charge in [-0.2, -0.15) is 5.26 Å². The maximum atomic E-state index is 11.4. The summed E-state index contributed by atoms with van der Waals surface area (Å²) in [6, 6.07) is 10.8. The Labute approximate surface area is 207 Å². The van der Waals surface area contributed by atoms with Crippen LogP contribution in [-0.4, -0.2) is 40.6 Å². The fourth-order valence-corrected chi connectivity index (χ4v) is 3.99. The normalized spacial score (nSPS) is 11.3. The predicted octanol–water partition coefficient (Wildman–Crippen LogP) is 4.06. The Morgan fingerprint density at radius 1 is 1.20 bits per heavy atom. The molecule has 0 spiro atoms. The highest BCUT2D eigenvalue weighted by Crippen LogP contribution is 2.34. The highest BCUT2D eigenvalue weighted by molar-refractivity contribution is 7.91. The van der Waals surface area contributed by atoms with Crippen molar-refractivity contribution in [3.8, 4) is 29.0 Å². The van der Waals surface area contributed by atoms with E-state index in [1.54, 1.807) is 42.7 Å². The van der Waals surface area contributed by atoms with Crippen molar-refractivity contribution < 1.29 is 17.9 Å². The number of aromatic nitrogens is 4. The van der Waals surface area contributed by atoms with Gasteiger partial charge >= 0.3 is 0 Å². The van der Waals surface area contributed by atoms with Crippen LogP contribution in [-0.2, 0) is 16.6 Å². The van der Waals surface area contributed by atoms with Crippen LogP contribution in [0.3, 0.4) is 0 Å². The molecule has 0 aliphatic heterocycles. The van der Waals surface area contributed by atoms with E-state index in [0.29, 0.717) is 45.8 Å². The second kappa shape index (κ2) is 10.2. The Bertz CT molecular complexity index is 1530. The zero-order chi connectivity index (χ0) is 25.0. The molecule has 0 aliphatic carbocycles. The number of nitrogens with zero attached hydrogens (tertiary/aromatic N) is 5. The number of fused-ring (bicyclic) bond motifs is 1. The average Bonchev–Trinajstić information content (AvgIpc) is 3.24. The third-order valence-electron chi connectivity index (χ3n) is 4.75. The molecule has 3 heterocycles. The van der Waals surface area contributed by atoms with Crippen LogP contribution in [0.4, 0.5) is 5.95 Å². The predicted molar refractivity (Wildman–Crippen MR) is 131 cm³/mol. The number of ether oxygens (including phenoxy) is 2. The van der Waals surface area contributed by atoms with Crippen LogP contribution in [0.2, 0.25) is 5.02 Å². The number of nitriles is 1. The largest absolute Gasteiger partial charge is 0.491 e. The summed E-state index contributed by atoms with van der Waals surface area (Å²) in [4.78, 5) is 12.5. The van der Waals surface area contributed by atoms with Crippen LogP contribution in [0.25, 0.3) is 16.9 Å². The van der Waals surface area contributed by atoms with E-state index in [-0.39, 0.29) is 12.6 Å². The number of pyridine rings is 1. The van der Waals surface area contributed by atoms with Crippen molar-refractivity contribution in [2.24, 2.45) is 0 Å². The van der Waals surface area contributed by atoms with Gasteiger partial charge in [-0.3, -0.25) is 9.12 Å². The number of halogens is 1. The summed E-state index contributed by atoms with van der Waals surface area (Å²) in [6.45, 7) is 2.55. The Kier molecular flexibility index (Phi) is 7.04. The molecule has 0 saturated heterocycles. The minimum absolute atomic E-state index is 0.0222.